The molecule has 0 spiro atoms. The zero-order valence-corrected chi connectivity index (χ0v) is 8.57. The minimum Gasteiger partial charge on any atom is -0.282 e. The Hall–Kier alpha value is -0.830. The molecule has 0 amide bonds. The van der Waals surface area contributed by atoms with Crippen LogP contribution in [0.25, 0.3) is 10.9 Å². The average molecular weight is 225 g/mol. The van der Waals surface area contributed by atoms with Crippen molar-refractivity contribution in [1.29, 1.82) is 0 Å². The summed E-state index contributed by atoms with van der Waals surface area (Å²) in [5.74, 6) is 0. The summed E-state index contributed by atoms with van der Waals surface area (Å²) in [7, 11) is 0. The molecular formula is C9H9BrN2. The Bertz CT molecular complexity index is 431. The van der Waals surface area contributed by atoms with Gasteiger partial charge >= 0.3 is 0 Å². The number of aromatic amines is 1. The molecule has 1 heterocycles. The molecule has 3 heteroatoms. The van der Waals surface area contributed by atoms with E-state index in [1.54, 1.807) is 0 Å². The maximum absolute atomic E-state index is 4.21. The first-order valence-corrected chi connectivity index (χ1v) is 4.59. The molecule has 0 atom stereocenters. The van der Waals surface area contributed by atoms with E-state index in [0.717, 1.165) is 15.7 Å². The van der Waals surface area contributed by atoms with Gasteiger partial charge in [0.25, 0.3) is 0 Å². The third kappa shape index (κ3) is 0.966. The molecule has 2 aromatic rings. The number of fused-ring (bicyclic) bond motifs is 1. The van der Waals surface area contributed by atoms with Gasteiger partial charge in [0.2, 0.25) is 0 Å². The number of benzene rings is 1. The Kier molecular flexibility index (Phi) is 1.68. The second kappa shape index (κ2) is 2.59. The highest BCUT2D eigenvalue weighted by Gasteiger charge is 2.06. The third-order valence-electron chi connectivity index (χ3n) is 2.05. The number of hydrogen-bond donors (Lipinski definition) is 1. The number of nitrogens with zero attached hydrogens (tertiary/aromatic N) is 1. The minimum atomic E-state index is 1.02. The quantitative estimate of drug-likeness (QED) is 0.733. The summed E-state index contributed by atoms with van der Waals surface area (Å²) in [6.07, 6.45) is 0. The Morgan fingerprint density at radius 1 is 1.33 bits per heavy atom. The van der Waals surface area contributed by atoms with Gasteiger partial charge in [0, 0.05) is 15.6 Å². The number of halogens is 1. The SMILES string of the molecule is Cc1ccc(Br)c2n[nH]c(C)c12. The molecule has 0 saturated heterocycles. The molecule has 1 aromatic heterocycles. The molecule has 0 aliphatic rings. The summed E-state index contributed by atoms with van der Waals surface area (Å²) >= 11 is 3.46. The molecule has 2 nitrogen and oxygen atoms in total. The normalized spacial score (nSPS) is 10.9. The highest BCUT2D eigenvalue weighted by molar-refractivity contribution is 9.10. The highest BCUT2D eigenvalue weighted by atomic mass is 79.9. The zero-order valence-electron chi connectivity index (χ0n) is 6.98. The number of aromatic nitrogens is 2. The first-order chi connectivity index (χ1) is 5.70. The lowest BCUT2D eigenvalue weighted by atomic mass is 10.1. The van der Waals surface area contributed by atoms with Crippen LogP contribution in [0.3, 0.4) is 0 Å². The minimum absolute atomic E-state index is 1.02. The van der Waals surface area contributed by atoms with Crippen molar-refractivity contribution < 1.29 is 0 Å². The van der Waals surface area contributed by atoms with Crippen LogP contribution in [-0.2, 0) is 0 Å². The lowest BCUT2D eigenvalue weighted by Gasteiger charge is -1.97. The van der Waals surface area contributed by atoms with E-state index in [0.29, 0.717) is 0 Å². The maximum atomic E-state index is 4.21. The van der Waals surface area contributed by atoms with Gasteiger partial charge in [-0.1, -0.05) is 6.07 Å². The van der Waals surface area contributed by atoms with Crippen LogP contribution in [0, 0.1) is 13.8 Å². The van der Waals surface area contributed by atoms with Crippen molar-refractivity contribution in [2.75, 3.05) is 0 Å². The van der Waals surface area contributed by atoms with Gasteiger partial charge in [0.15, 0.2) is 0 Å². The second-order valence-electron chi connectivity index (χ2n) is 2.94. The monoisotopic (exact) mass is 224 g/mol. The maximum Gasteiger partial charge on any atom is 0.107 e. The summed E-state index contributed by atoms with van der Waals surface area (Å²) < 4.78 is 1.05. The van der Waals surface area contributed by atoms with Crippen molar-refractivity contribution in [2.45, 2.75) is 13.8 Å². The van der Waals surface area contributed by atoms with Gasteiger partial charge in [-0.25, -0.2) is 0 Å². The number of hydrogen-bond acceptors (Lipinski definition) is 1. The third-order valence-corrected chi connectivity index (χ3v) is 2.69. The van der Waals surface area contributed by atoms with Gasteiger partial charge < -0.3 is 0 Å². The largest absolute Gasteiger partial charge is 0.282 e. The number of aryl methyl sites for hydroxylation is 2. The fraction of sp³-hybridized carbons (Fsp3) is 0.222. The number of H-pyrrole nitrogens is 1. The van der Waals surface area contributed by atoms with Crippen LogP contribution in [-0.4, -0.2) is 10.2 Å². The molecule has 0 radical (unpaired) electrons. The molecule has 12 heavy (non-hydrogen) atoms. The van der Waals surface area contributed by atoms with E-state index in [-0.39, 0.29) is 0 Å². The predicted molar refractivity (Wildman–Crippen MR) is 53.3 cm³/mol. The zero-order chi connectivity index (χ0) is 8.72. The molecule has 1 N–H and O–H groups in total. The first-order valence-electron chi connectivity index (χ1n) is 3.80. The fourth-order valence-corrected chi connectivity index (χ4v) is 1.86. The lowest BCUT2D eigenvalue weighted by Crippen LogP contribution is -1.77. The molecule has 0 saturated carbocycles. The van der Waals surface area contributed by atoms with E-state index in [1.807, 2.05) is 13.0 Å². The second-order valence-corrected chi connectivity index (χ2v) is 3.79. The summed E-state index contributed by atoms with van der Waals surface area (Å²) in [4.78, 5) is 0. The van der Waals surface area contributed by atoms with Crippen LogP contribution in [0.5, 0.6) is 0 Å². The van der Waals surface area contributed by atoms with Crippen molar-refractivity contribution in [2.24, 2.45) is 0 Å². The Morgan fingerprint density at radius 3 is 2.75 bits per heavy atom. The first kappa shape index (κ1) is 7.80. The molecule has 2 rings (SSSR count). The van der Waals surface area contributed by atoms with Crippen LogP contribution < -0.4 is 0 Å². The Morgan fingerprint density at radius 2 is 2.08 bits per heavy atom. The fourth-order valence-electron chi connectivity index (χ4n) is 1.44. The molecular weight excluding hydrogens is 216 g/mol. The van der Waals surface area contributed by atoms with Gasteiger partial charge in [-0.15, -0.1) is 0 Å². The van der Waals surface area contributed by atoms with Gasteiger partial charge in [-0.2, -0.15) is 5.10 Å². The Labute approximate surface area is 79.1 Å². The van der Waals surface area contributed by atoms with E-state index in [9.17, 15) is 0 Å². The van der Waals surface area contributed by atoms with Crippen LogP contribution >= 0.6 is 15.9 Å². The van der Waals surface area contributed by atoms with E-state index in [2.05, 4.69) is 39.1 Å². The van der Waals surface area contributed by atoms with Gasteiger partial charge in [0.05, 0.1) is 0 Å². The van der Waals surface area contributed by atoms with Gasteiger partial charge in [-0.3, -0.25) is 5.10 Å². The lowest BCUT2D eigenvalue weighted by molar-refractivity contribution is 1.07. The van der Waals surface area contributed by atoms with Gasteiger partial charge in [-0.05, 0) is 41.4 Å². The van der Waals surface area contributed by atoms with Gasteiger partial charge in [0.1, 0.15) is 5.52 Å². The van der Waals surface area contributed by atoms with Crippen molar-refractivity contribution in [1.82, 2.24) is 10.2 Å². The van der Waals surface area contributed by atoms with Crippen molar-refractivity contribution in [3.05, 3.63) is 27.9 Å². The van der Waals surface area contributed by atoms with E-state index < -0.39 is 0 Å². The van der Waals surface area contributed by atoms with Crippen molar-refractivity contribution in [3.8, 4) is 0 Å². The average Bonchev–Trinajstić information content (AvgIpc) is 2.42. The van der Waals surface area contributed by atoms with E-state index >= 15 is 0 Å². The summed E-state index contributed by atoms with van der Waals surface area (Å²) in [6.45, 7) is 4.13. The van der Waals surface area contributed by atoms with E-state index in [4.69, 9.17) is 0 Å². The standard InChI is InChI=1S/C9H9BrN2/c1-5-3-4-7(10)9-8(5)6(2)11-12-9/h3-4H,1-2H3,(H,11,12). The highest BCUT2D eigenvalue weighted by Crippen LogP contribution is 2.26. The molecule has 0 bridgehead atoms. The summed E-state index contributed by atoms with van der Waals surface area (Å²) in [5.41, 5.74) is 3.41. The smallest absolute Gasteiger partial charge is 0.107 e. The topological polar surface area (TPSA) is 28.7 Å². The molecule has 0 unspecified atom stereocenters. The predicted octanol–water partition coefficient (Wildman–Crippen LogP) is 2.94. The number of nitrogens with one attached hydrogen (secondary N) is 1. The van der Waals surface area contributed by atoms with Crippen LogP contribution in [0.4, 0.5) is 0 Å². The Balaban J connectivity index is 2.98. The summed E-state index contributed by atoms with van der Waals surface area (Å²) in [6, 6.07) is 4.12. The van der Waals surface area contributed by atoms with Crippen molar-refractivity contribution >= 4 is 26.8 Å². The number of rotatable bonds is 0. The van der Waals surface area contributed by atoms with Crippen LogP contribution in [0.15, 0.2) is 16.6 Å². The molecule has 62 valence electrons. The molecule has 1 aromatic carbocycles. The molecule has 0 fully saturated rings. The van der Waals surface area contributed by atoms with Crippen LogP contribution in [0.1, 0.15) is 11.3 Å². The summed E-state index contributed by atoms with van der Waals surface area (Å²) in [5, 5.41) is 8.41. The molecule has 0 aliphatic heterocycles. The van der Waals surface area contributed by atoms with E-state index in [1.165, 1.54) is 10.9 Å². The molecule has 0 aliphatic carbocycles. The van der Waals surface area contributed by atoms with Crippen LogP contribution in [0.2, 0.25) is 0 Å². The van der Waals surface area contributed by atoms with Crippen molar-refractivity contribution in [3.63, 3.8) is 0 Å².